The van der Waals surface area contributed by atoms with E-state index in [1.54, 1.807) is 11.0 Å². The molecule has 1 rings (SSSR count). The van der Waals surface area contributed by atoms with Crippen LogP contribution in [-0.4, -0.2) is 41.5 Å². The standard InChI is InChI=1S/C14H19BrN2O3/c1-3-6-17(9-14(19)20)8-13(18)16-11-4-5-12(15)10(2)7-11/h4-5,7H,3,6,8-9H2,1-2H3,(H,16,18)(H,19,20). The van der Waals surface area contributed by atoms with E-state index in [4.69, 9.17) is 5.11 Å². The highest BCUT2D eigenvalue weighted by Gasteiger charge is 2.13. The highest BCUT2D eigenvalue weighted by Crippen LogP contribution is 2.19. The number of amides is 1. The molecule has 0 saturated heterocycles. The van der Waals surface area contributed by atoms with E-state index < -0.39 is 5.97 Å². The summed E-state index contributed by atoms with van der Waals surface area (Å²) in [4.78, 5) is 24.3. The van der Waals surface area contributed by atoms with Crippen molar-refractivity contribution in [3.8, 4) is 0 Å². The van der Waals surface area contributed by atoms with Crippen LogP contribution in [0.3, 0.4) is 0 Å². The lowest BCUT2D eigenvalue weighted by molar-refractivity contribution is -0.138. The zero-order chi connectivity index (χ0) is 15.1. The quantitative estimate of drug-likeness (QED) is 0.798. The molecule has 1 aromatic rings. The summed E-state index contributed by atoms with van der Waals surface area (Å²) >= 11 is 3.40. The predicted octanol–water partition coefficient (Wildman–Crippen LogP) is 2.49. The van der Waals surface area contributed by atoms with Crippen molar-refractivity contribution in [2.75, 3.05) is 25.0 Å². The molecule has 5 nitrogen and oxygen atoms in total. The highest BCUT2D eigenvalue weighted by atomic mass is 79.9. The fourth-order valence-corrected chi connectivity index (χ4v) is 2.09. The van der Waals surface area contributed by atoms with Gasteiger partial charge >= 0.3 is 5.97 Å². The zero-order valence-electron chi connectivity index (χ0n) is 11.6. The van der Waals surface area contributed by atoms with Crippen LogP contribution < -0.4 is 5.32 Å². The maximum Gasteiger partial charge on any atom is 0.317 e. The minimum atomic E-state index is -0.925. The number of carbonyl (C=O) groups excluding carboxylic acids is 1. The summed E-state index contributed by atoms with van der Waals surface area (Å²) in [5, 5.41) is 11.6. The lowest BCUT2D eigenvalue weighted by Gasteiger charge is -2.18. The Kier molecular flexibility index (Phi) is 6.67. The Hall–Kier alpha value is -1.40. The van der Waals surface area contributed by atoms with Gasteiger partial charge in [0.15, 0.2) is 0 Å². The molecular formula is C14H19BrN2O3. The molecule has 2 N–H and O–H groups in total. The summed E-state index contributed by atoms with van der Waals surface area (Å²) in [5.41, 5.74) is 1.74. The first-order valence-electron chi connectivity index (χ1n) is 6.42. The molecule has 6 heteroatoms. The number of nitrogens with one attached hydrogen (secondary N) is 1. The first kappa shape index (κ1) is 16.7. The fourth-order valence-electron chi connectivity index (χ4n) is 1.85. The van der Waals surface area contributed by atoms with E-state index in [9.17, 15) is 9.59 Å². The van der Waals surface area contributed by atoms with Crippen molar-refractivity contribution in [2.45, 2.75) is 20.3 Å². The van der Waals surface area contributed by atoms with Gasteiger partial charge in [-0.15, -0.1) is 0 Å². The molecule has 110 valence electrons. The van der Waals surface area contributed by atoms with Gasteiger partial charge in [0, 0.05) is 10.2 Å². The molecule has 1 aromatic carbocycles. The summed E-state index contributed by atoms with van der Waals surface area (Å²) < 4.78 is 0.981. The van der Waals surface area contributed by atoms with Crippen molar-refractivity contribution in [3.63, 3.8) is 0 Å². The van der Waals surface area contributed by atoms with Gasteiger partial charge in [-0.05, 0) is 43.7 Å². The number of hydrogen-bond donors (Lipinski definition) is 2. The number of benzene rings is 1. The summed E-state index contributed by atoms with van der Waals surface area (Å²) in [6.07, 6.45) is 0.804. The lowest BCUT2D eigenvalue weighted by Crippen LogP contribution is -2.37. The molecule has 0 spiro atoms. The number of anilines is 1. The second-order valence-electron chi connectivity index (χ2n) is 4.62. The van der Waals surface area contributed by atoms with Gasteiger partial charge < -0.3 is 10.4 Å². The van der Waals surface area contributed by atoms with Crippen LogP contribution in [-0.2, 0) is 9.59 Å². The molecule has 0 atom stereocenters. The monoisotopic (exact) mass is 342 g/mol. The maximum absolute atomic E-state index is 11.9. The topological polar surface area (TPSA) is 69.6 Å². The van der Waals surface area contributed by atoms with Crippen LogP contribution in [0.15, 0.2) is 22.7 Å². The minimum absolute atomic E-state index is 0.0786. The van der Waals surface area contributed by atoms with E-state index in [1.165, 1.54) is 0 Å². The first-order chi connectivity index (χ1) is 9.42. The van der Waals surface area contributed by atoms with Crippen LogP contribution in [0.1, 0.15) is 18.9 Å². The van der Waals surface area contributed by atoms with E-state index in [2.05, 4.69) is 21.2 Å². The van der Waals surface area contributed by atoms with E-state index >= 15 is 0 Å². The van der Waals surface area contributed by atoms with Crippen LogP contribution in [0.5, 0.6) is 0 Å². The molecule has 0 unspecified atom stereocenters. The zero-order valence-corrected chi connectivity index (χ0v) is 13.2. The van der Waals surface area contributed by atoms with Crippen LogP contribution >= 0.6 is 15.9 Å². The molecule has 0 aliphatic heterocycles. The Morgan fingerprint density at radius 2 is 2.05 bits per heavy atom. The Balaban J connectivity index is 2.60. The molecular weight excluding hydrogens is 324 g/mol. The number of rotatable bonds is 7. The summed E-state index contributed by atoms with van der Waals surface area (Å²) in [5.74, 6) is -1.13. The van der Waals surface area contributed by atoms with Crippen LogP contribution in [0.4, 0.5) is 5.69 Å². The SMILES string of the molecule is CCCN(CC(=O)O)CC(=O)Nc1ccc(Br)c(C)c1. The smallest absolute Gasteiger partial charge is 0.317 e. The molecule has 0 radical (unpaired) electrons. The van der Waals surface area contributed by atoms with Crippen molar-refractivity contribution in [1.29, 1.82) is 0 Å². The Morgan fingerprint density at radius 1 is 1.35 bits per heavy atom. The van der Waals surface area contributed by atoms with E-state index in [-0.39, 0.29) is 19.0 Å². The summed E-state index contributed by atoms with van der Waals surface area (Å²) in [6.45, 7) is 4.42. The van der Waals surface area contributed by atoms with Crippen LogP contribution in [0.25, 0.3) is 0 Å². The molecule has 1 amide bonds. The average molecular weight is 343 g/mol. The Labute approximate surface area is 127 Å². The highest BCUT2D eigenvalue weighted by molar-refractivity contribution is 9.10. The van der Waals surface area contributed by atoms with Gasteiger partial charge in [0.25, 0.3) is 0 Å². The van der Waals surface area contributed by atoms with E-state index in [0.29, 0.717) is 12.2 Å². The van der Waals surface area contributed by atoms with Crippen molar-refractivity contribution < 1.29 is 14.7 Å². The molecule has 0 heterocycles. The summed E-state index contributed by atoms with van der Waals surface area (Å²) in [6, 6.07) is 5.53. The third-order valence-corrected chi connectivity index (χ3v) is 3.60. The largest absolute Gasteiger partial charge is 0.480 e. The number of nitrogens with zero attached hydrogens (tertiary/aromatic N) is 1. The number of carboxylic acids is 1. The predicted molar refractivity (Wildman–Crippen MR) is 81.9 cm³/mol. The van der Waals surface area contributed by atoms with Gasteiger partial charge in [-0.25, -0.2) is 0 Å². The van der Waals surface area contributed by atoms with Gasteiger partial charge in [0.1, 0.15) is 0 Å². The first-order valence-corrected chi connectivity index (χ1v) is 7.21. The van der Waals surface area contributed by atoms with Gasteiger partial charge in [-0.2, -0.15) is 0 Å². The van der Waals surface area contributed by atoms with Crippen LogP contribution in [0, 0.1) is 6.92 Å². The second kappa shape index (κ2) is 8.01. The van der Waals surface area contributed by atoms with Gasteiger partial charge in [0.2, 0.25) is 5.91 Å². The number of halogens is 1. The molecule has 0 aliphatic carbocycles. The molecule has 0 aliphatic rings. The number of carbonyl (C=O) groups is 2. The normalized spacial score (nSPS) is 10.6. The van der Waals surface area contributed by atoms with Gasteiger partial charge in [0.05, 0.1) is 13.1 Å². The Bertz CT molecular complexity index is 491. The second-order valence-corrected chi connectivity index (χ2v) is 5.47. The maximum atomic E-state index is 11.9. The fraction of sp³-hybridized carbons (Fsp3) is 0.429. The molecule has 0 aromatic heterocycles. The van der Waals surface area contributed by atoms with Crippen LogP contribution in [0.2, 0.25) is 0 Å². The Morgan fingerprint density at radius 3 is 2.60 bits per heavy atom. The van der Waals surface area contributed by atoms with E-state index in [1.807, 2.05) is 26.0 Å². The van der Waals surface area contributed by atoms with Crippen molar-refractivity contribution in [2.24, 2.45) is 0 Å². The number of carboxylic acid groups (broad SMARTS) is 1. The number of hydrogen-bond acceptors (Lipinski definition) is 3. The van der Waals surface area contributed by atoms with Crippen molar-refractivity contribution in [1.82, 2.24) is 4.90 Å². The summed E-state index contributed by atoms with van der Waals surface area (Å²) in [7, 11) is 0. The third kappa shape index (κ3) is 5.71. The minimum Gasteiger partial charge on any atom is -0.480 e. The average Bonchev–Trinajstić information content (AvgIpc) is 2.33. The van der Waals surface area contributed by atoms with Gasteiger partial charge in [-0.3, -0.25) is 14.5 Å². The third-order valence-electron chi connectivity index (χ3n) is 2.71. The molecule has 0 saturated carbocycles. The molecule has 20 heavy (non-hydrogen) atoms. The van der Waals surface area contributed by atoms with Gasteiger partial charge in [-0.1, -0.05) is 22.9 Å². The van der Waals surface area contributed by atoms with E-state index in [0.717, 1.165) is 16.5 Å². The van der Waals surface area contributed by atoms with Crippen molar-refractivity contribution >= 4 is 33.5 Å². The number of aryl methyl sites for hydroxylation is 1. The molecule has 0 fully saturated rings. The lowest BCUT2D eigenvalue weighted by atomic mass is 10.2. The number of aliphatic carboxylic acids is 1. The molecule has 0 bridgehead atoms. The van der Waals surface area contributed by atoms with Crippen molar-refractivity contribution in [3.05, 3.63) is 28.2 Å².